The van der Waals surface area contributed by atoms with Gasteiger partial charge in [-0.15, -0.1) is 36.2 Å². The summed E-state index contributed by atoms with van der Waals surface area (Å²) < 4.78 is 0. The Morgan fingerprint density at radius 1 is 1.55 bits per heavy atom. The summed E-state index contributed by atoms with van der Waals surface area (Å²) in [6.45, 7) is 5.95. The second kappa shape index (κ2) is 8.79. The third-order valence-corrected chi connectivity index (χ3v) is 4.22. The molecule has 1 aliphatic rings. The first kappa shape index (κ1) is 19.6. The molecule has 2 rings (SSSR count). The van der Waals surface area contributed by atoms with Gasteiger partial charge in [0.15, 0.2) is 0 Å². The van der Waals surface area contributed by atoms with Crippen LogP contribution in [0.3, 0.4) is 0 Å². The molecule has 0 spiro atoms. The van der Waals surface area contributed by atoms with Gasteiger partial charge in [-0.25, -0.2) is 4.98 Å². The Hall–Kier alpha value is -0.400. The van der Waals surface area contributed by atoms with Crippen LogP contribution in [0.5, 0.6) is 0 Å². The Morgan fingerprint density at radius 3 is 2.75 bits per heavy atom. The van der Waals surface area contributed by atoms with E-state index in [4.69, 9.17) is 0 Å². The van der Waals surface area contributed by atoms with E-state index in [0.717, 1.165) is 11.6 Å². The average Bonchev–Trinajstić information content (AvgIpc) is 2.94. The first-order valence-corrected chi connectivity index (χ1v) is 7.08. The number of hydrogen-bond acceptors (Lipinski definition) is 5. The molecule has 0 bridgehead atoms. The van der Waals surface area contributed by atoms with Crippen molar-refractivity contribution in [3.8, 4) is 0 Å². The van der Waals surface area contributed by atoms with E-state index in [1.165, 1.54) is 11.3 Å². The summed E-state index contributed by atoms with van der Waals surface area (Å²) in [4.78, 5) is 16.2. The second-order valence-corrected chi connectivity index (χ2v) is 5.81. The number of hydrogen-bond donors (Lipinski definition) is 3. The first-order chi connectivity index (χ1) is 8.58. The van der Waals surface area contributed by atoms with Crippen molar-refractivity contribution in [1.82, 2.24) is 15.6 Å². The van der Waals surface area contributed by atoms with Gasteiger partial charge in [0.05, 0.1) is 11.1 Å². The predicted octanol–water partition coefficient (Wildman–Crippen LogP) is 1.42. The number of carbonyl (C=O) groups is 1. The summed E-state index contributed by atoms with van der Waals surface area (Å²) in [7, 11) is 0. The van der Waals surface area contributed by atoms with Crippen LogP contribution in [0, 0.1) is 5.92 Å². The van der Waals surface area contributed by atoms with Gasteiger partial charge >= 0.3 is 0 Å². The third-order valence-electron chi connectivity index (χ3n) is 3.08. The Labute approximate surface area is 135 Å². The van der Waals surface area contributed by atoms with Crippen molar-refractivity contribution in [2.24, 2.45) is 5.92 Å². The van der Waals surface area contributed by atoms with Crippen LogP contribution >= 0.6 is 36.2 Å². The molecule has 1 saturated heterocycles. The van der Waals surface area contributed by atoms with Crippen molar-refractivity contribution in [2.45, 2.75) is 25.9 Å². The highest BCUT2D eigenvalue weighted by Crippen LogP contribution is 2.19. The lowest BCUT2D eigenvalue weighted by Crippen LogP contribution is -2.34. The minimum atomic E-state index is -0.369. The van der Waals surface area contributed by atoms with Gasteiger partial charge in [0.1, 0.15) is 5.69 Å². The van der Waals surface area contributed by atoms with Crippen LogP contribution in [0.1, 0.15) is 35.3 Å². The van der Waals surface area contributed by atoms with E-state index in [0.29, 0.717) is 24.7 Å². The summed E-state index contributed by atoms with van der Waals surface area (Å²) in [6, 6.07) is 0. The van der Waals surface area contributed by atoms with E-state index in [1.807, 2.05) is 0 Å². The van der Waals surface area contributed by atoms with E-state index in [1.54, 1.807) is 5.38 Å². The van der Waals surface area contributed by atoms with Crippen molar-refractivity contribution < 1.29 is 9.90 Å². The summed E-state index contributed by atoms with van der Waals surface area (Å²) in [5.74, 6) is 0.284. The summed E-state index contributed by atoms with van der Waals surface area (Å²) in [5.41, 5.74) is 0.476. The number of amides is 1. The predicted molar refractivity (Wildman–Crippen MR) is 85.4 cm³/mol. The third kappa shape index (κ3) is 4.86. The molecule has 2 heterocycles. The summed E-state index contributed by atoms with van der Waals surface area (Å²) in [5, 5.41) is 18.3. The quantitative estimate of drug-likeness (QED) is 0.774. The van der Waals surface area contributed by atoms with Gasteiger partial charge in [-0.3, -0.25) is 4.79 Å². The highest BCUT2D eigenvalue weighted by Gasteiger charge is 2.25. The number of halogens is 2. The smallest absolute Gasteiger partial charge is 0.270 e. The zero-order valence-electron chi connectivity index (χ0n) is 11.5. The summed E-state index contributed by atoms with van der Waals surface area (Å²) in [6.07, 6.45) is -0.369. The van der Waals surface area contributed by atoms with Gasteiger partial charge in [-0.1, -0.05) is 13.8 Å². The Kier molecular flexibility index (Phi) is 8.62. The van der Waals surface area contributed by atoms with Gasteiger partial charge in [-0.05, 0) is 0 Å². The number of aromatic nitrogens is 1. The first-order valence-electron chi connectivity index (χ1n) is 6.20. The number of carbonyl (C=O) groups excluding carboxylic acids is 1. The zero-order chi connectivity index (χ0) is 13.1. The topological polar surface area (TPSA) is 74.2 Å². The van der Waals surface area contributed by atoms with Crippen molar-refractivity contribution in [3.05, 3.63) is 16.1 Å². The molecule has 3 N–H and O–H groups in total. The van der Waals surface area contributed by atoms with E-state index < -0.39 is 0 Å². The molecule has 1 aromatic rings. The van der Waals surface area contributed by atoms with E-state index in [9.17, 15) is 9.90 Å². The van der Waals surface area contributed by atoms with Crippen LogP contribution in [0.25, 0.3) is 0 Å². The molecule has 5 nitrogen and oxygen atoms in total. The fourth-order valence-corrected chi connectivity index (χ4v) is 2.71. The van der Waals surface area contributed by atoms with Crippen molar-refractivity contribution in [2.75, 3.05) is 19.6 Å². The summed E-state index contributed by atoms with van der Waals surface area (Å²) >= 11 is 1.51. The second-order valence-electron chi connectivity index (χ2n) is 4.92. The molecular weight excluding hydrogens is 321 g/mol. The molecule has 1 amide bonds. The largest absolute Gasteiger partial charge is 0.391 e. The number of nitrogens with one attached hydrogen (secondary N) is 2. The number of β-amino-alcohol motifs (C(OH)–C–C–N with tert-alkyl or cyclic N) is 1. The van der Waals surface area contributed by atoms with Gasteiger partial charge in [0, 0.05) is 36.9 Å². The number of aliphatic hydroxyl groups is 1. The lowest BCUT2D eigenvalue weighted by atomic mass is 10.1. The molecule has 116 valence electrons. The molecule has 1 fully saturated rings. The van der Waals surface area contributed by atoms with Gasteiger partial charge < -0.3 is 15.7 Å². The Bertz CT molecular complexity index is 429. The molecule has 2 atom stereocenters. The highest BCUT2D eigenvalue weighted by atomic mass is 35.5. The molecule has 0 saturated carbocycles. The molecule has 0 aromatic carbocycles. The molecule has 1 aromatic heterocycles. The Morgan fingerprint density at radius 2 is 2.25 bits per heavy atom. The molecule has 20 heavy (non-hydrogen) atoms. The minimum Gasteiger partial charge on any atom is -0.391 e. The van der Waals surface area contributed by atoms with Gasteiger partial charge in [-0.2, -0.15) is 0 Å². The fraction of sp³-hybridized carbons (Fsp3) is 0.667. The maximum Gasteiger partial charge on any atom is 0.270 e. The molecular formula is C12H21Cl2N3O2S. The molecule has 1 aliphatic heterocycles. The fourth-order valence-electron chi connectivity index (χ4n) is 1.90. The molecule has 0 aliphatic carbocycles. The minimum absolute atomic E-state index is 0. The van der Waals surface area contributed by atoms with Crippen molar-refractivity contribution >= 4 is 42.1 Å². The maximum atomic E-state index is 11.9. The van der Waals surface area contributed by atoms with Crippen LogP contribution in [0.15, 0.2) is 5.38 Å². The number of aliphatic hydroxyl groups excluding tert-OH is 1. The normalized spacial score (nSPS) is 21.2. The van der Waals surface area contributed by atoms with Gasteiger partial charge in [0.25, 0.3) is 5.91 Å². The van der Waals surface area contributed by atoms with Crippen molar-refractivity contribution in [1.29, 1.82) is 0 Å². The van der Waals surface area contributed by atoms with E-state index >= 15 is 0 Å². The average molecular weight is 342 g/mol. The zero-order valence-corrected chi connectivity index (χ0v) is 13.9. The van der Waals surface area contributed by atoms with Crippen LogP contribution in [0.4, 0.5) is 0 Å². The number of nitrogens with zero attached hydrogens (tertiary/aromatic N) is 1. The van der Waals surface area contributed by atoms with Crippen molar-refractivity contribution in [3.63, 3.8) is 0 Å². The Balaban J connectivity index is 0.00000180. The highest BCUT2D eigenvalue weighted by molar-refractivity contribution is 7.09. The van der Waals surface area contributed by atoms with Crippen LogP contribution in [0.2, 0.25) is 0 Å². The number of rotatable bonds is 4. The van der Waals surface area contributed by atoms with Crippen LogP contribution in [-0.4, -0.2) is 41.7 Å². The standard InChI is InChI=1S/C12H19N3O2S.2ClH/c1-7(2)12-15-9(6-18-12)11(17)14-4-8-3-13-5-10(8)16;;/h6-8,10,13,16H,3-5H2,1-2H3,(H,14,17);2*1H. The van der Waals surface area contributed by atoms with E-state index in [2.05, 4.69) is 29.5 Å². The molecule has 0 radical (unpaired) electrons. The van der Waals surface area contributed by atoms with E-state index in [-0.39, 0.29) is 42.7 Å². The monoisotopic (exact) mass is 341 g/mol. The van der Waals surface area contributed by atoms with Crippen LogP contribution < -0.4 is 10.6 Å². The maximum absolute atomic E-state index is 11.9. The van der Waals surface area contributed by atoms with Crippen LogP contribution in [-0.2, 0) is 0 Å². The lowest BCUT2D eigenvalue weighted by molar-refractivity contribution is 0.0922. The molecule has 2 unspecified atom stereocenters. The molecule has 8 heteroatoms. The number of thiazole rings is 1. The lowest BCUT2D eigenvalue weighted by Gasteiger charge is -2.13. The SMILES string of the molecule is CC(C)c1nc(C(=O)NCC2CNCC2O)cs1.Cl.Cl. The van der Waals surface area contributed by atoms with Gasteiger partial charge in [0.2, 0.25) is 0 Å².